The number of nitrogens with zero attached hydrogens (tertiary/aromatic N) is 3. The van der Waals surface area contributed by atoms with Crippen LogP contribution in [-0.4, -0.2) is 48.6 Å². The molecule has 0 atom stereocenters. The maximum Gasteiger partial charge on any atom is 0.272 e. The molecule has 0 radical (unpaired) electrons. The monoisotopic (exact) mass is 323 g/mol. The van der Waals surface area contributed by atoms with Gasteiger partial charge in [0.05, 0.1) is 13.2 Å². The second-order valence-electron chi connectivity index (χ2n) is 6.24. The summed E-state index contributed by atoms with van der Waals surface area (Å²) in [6.07, 6.45) is 2.64. The van der Waals surface area contributed by atoms with E-state index in [0.717, 1.165) is 45.0 Å². The van der Waals surface area contributed by atoms with Gasteiger partial charge >= 0.3 is 0 Å². The van der Waals surface area contributed by atoms with Gasteiger partial charge in [-0.2, -0.15) is 0 Å². The molecule has 2 aliphatic heterocycles. The molecular weight excluding hydrogens is 302 g/mol. The number of hydrogen-bond acceptors (Lipinski definition) is 4. The van der Waals surface area contributed by atoms with Gasteiger partial charge in [0.2, 0.25) is 0 Å². The van der Waals surface area contributed by atoms with E-state index in [1.165, 1.54) is 11.1 Å². The molecule has 5 heteroatoms. The highest BCUT2D eigenvalue weighted by molar-refractivity contribution is 5.93. The van der Waals surface area contributed by atoms with Crippen LogP contribution >= 0.6 is 0 Å². The van der Waals surface area contributed by atoms with E-state index in [9.17, 15) is 4.79 Å². The molecule has 0 unspecified atom stereocenters. The first kappa shape index (κ1) is 15.1. The maximum atomic E-state index is 12.9. The van der Waals surface area contributed by atoms with Crippen molar-refractivity contribution in [2.24, 2.45) is 0 Å². The summed E-state index contributed by atoms with van der Waals surface area (Å²) in [5, 5.41) is 0. The minimum Gasteiger partial charge on any atom is -0.378 e. The van der Waals surface area contributed by atoms with E-state index in [4.69, 9.17) is 4.74 Å². The highest BCUT2D eigenvalue weighted by atomic mass is 16.5. The van der Waals surface area contributed by atoms with Crippen LogP contribution in [0.4, 0.5) is 5.69 Å². The molecule has 124 valence electrons. The molecule has 24 heavy (non-hydrogen) atoms. The minimum atomic E-state index is 0.0135. The number of benzene rings is 1. The predicted octanol–water partition coefficient (Wildman–Crippen LogP) is 2.12. The van der Waals surface area contributed by atoms with Gasteiger partial charge in [-0.1, -0.05) is 24.3 Å². The van der Waals surface area contributed by atoms with Gasteiger partial charge in [-0.05, 0) is 29.7 Å². The summed E-state index contributed by atoms with van der Waals surface area (Å²) in [5.74, 6) is 0.0135. The fourth-order valence-corrected chi connectivity index (χ4v) is 3.39. The lowest BCUT2D eigenvalue weighted by Crippen LogP contribution is -2.37. The van der Waals surface area contributed by atoms with Crippen molar-refractivity contribution in [3.05, 3.63) is 59.4 Å². The average molecular weight is 323 g/mol. The zero-order valence-corrected chi connectivity index (χ0v) is 13.6. The zero-order valence-electron chi connectivity index (χ0n) is 13.6. The number of anilines is 1. The molecule has 0 saturated carbocycles. The van der Waals surface area contributed by atoms with Gasteiger partial charge in [0.25, 0.3) is 5.91 Å². The molecule has 0 bridgehead atoms. The van der Waals surface area contributed by atoms with Gasteiger partial charge in [-0.25, -0.2) is 0 Å². The van der Waals surface area contributed by atoms with Crippen LogP contribution in [0.3, 0.4) is 0 Å². The van der Waals surface area contributed by atoms with Crippen molar-refractivity contribution in [3.63, 3.8) is 0 Å². The Morgan fingerprint density at radius 1 is 1.04 bits per heavy atom. The summed E-state index contributed by atoms with van der Waals surface area (Å²) >= 11 is 0. The van der Waals surface area contributed by atoms with Crippen molar-refractivity contribution in [3.8, 4) is 0 Å². The van der Waals surface area contributed by atoms with Crippen LogP contribution in [0.25, 0.3) is 0 Å². The predicted molar refractivity (Wildman–Crippen MR) is 92.2 cm³/mol. The van der Waals surface area contributed by atoms with Crippen molar-refractivity contribution in [1.29, 1.82) is 0 Å². The van der Waals surface area contributed by atoms with Crippen LogP contribution in [0.5, 0.6) is 0 Å². The number of fused-ring (bicyclic) bond motifs is 1. The Labute approximate surface area is 141 Å². The number of hydrogen-bond donors (Lipinski definition) is 0. The highest BCUT2D eigenvalue weighted by Gasteiger charge is 2.23. The van der Waals surface area contributed by atoms with Gasteiger partial charge in [-0.15, -0.1) is 0 Å². The fraction of sp³-hybridized carbons (Fsp3) is 0.368. The first-order valence-corrected chi connectivity index (χ1v) is 8.46. The highest BCUT2D eigenvalue weighted by Crippen LogP contribution is 2.21. The Kier molecular flexibility index (Phi) is 4.17. The largest absolute Gasteiger partial charge is 0.378 e. The topological polar surface area (TPSA) is 45.7 Å². The van der Waals surface area contributed by atoms with Crippen LogP contribution in [0.2, 0.25) is 0 Å². The Morgan fingerprint density at radius 3 is 2.67 bits per heavy atom. The zero-order chi connectivity index (χ0) is 16.4. The minimum absolute atomic E-state index is 0.0135. The van der Waals surface area contributed by atoms with E-state index >= 15 is 0 Å². The van der Waals surface area contributed by atoms with Crippen molar-refractivity contribution in [2.75, 3.05) is 37.7 Å². The summed E-state index contributed by atoms with van der Waals surface area (Å²) in [6, 6.07) is 12.2. The number of aromatic nitrogens is 1. The molecule has 4 rings (SSSR count). The van der Waals surface area contributed by atoms with Crippen LogP contribution in [0.1, 0.15) is 21.6 Å². The summed E-state index contributed by atoms with van der Waals surface area (Å²) in [6.45, 7) is 4.59. The average Bonchev–Trinajstić information content (AvgIpc) is 2.68. The lowest BCUT2D eigenvalue weighted by molar-refractivity contribution is 0.0729. The summed E-state index contributed by atoms with van der Waals surface area (Å²) in [5.41, 5.74) is 4.16. The maximum absolute atomic E-state index is 12.9. The molecule has 0 N–H and O–H groups in total. The molecule has 3 heterocycles. The SMILES string of the molecule is O=C(c1cc(N2CCOCC2)ccn1)N1CCc2ccccc2C1. The van der Waals surface area contributed by atoms with Crippen molar-refractivity contribution < 1.29 is 9.53 Å². The molecule has 5 nitrogen and oxygen atoms in total. The van der Waals surface area contributed by atoms with Crippen molar-refractivity contribution >= 4 is 11.6 Å². The van der Waals surface area contributed by atoms with Crippen LogP contribution in [0, 0.1) is 0 Å². The fourth-order valence-electron chi connectivity index (χ4n) is 3.39. The Balaban J connectivity index is 1.52. The van der Waals surface area contributed by atoms with E-state index in [-0.39, 0.29) is 5.91 Å². The third kappa shape index (κ3) is 2.99. The van der Waals surface area contributed by atoms with E-state index in [1.54, 1.807) is 6.20 Å². The van der Waals surface area contributed by atoms with Crippen molar-refractivity contribution in [2.45, 2.75) is 13.0 Å². The van der Waals surface area contributed by atoms with Crippen LogP contribution < -0.4 is 4.90 Å². The standard InChI is InChI=1S/C19H21N3O2/c23-19(22-8-6-15-3-1-2-4-16(15)14-22)18-13-17(5-7-20-18)21-9-11-24-12-10-21/h1-5,7,13H,6,8-12,14H2. The molecule has 2 aliphatic rings. The third-order valence-electron chi connectivity index (χ3n) is 4.76. The number of carbonyl (C=O) groups excluding carboxylic acids is 1. The first-order valence-electron chi connectivity index (χ1n) is 8.46. The second-order valence-corrected chi connectivity index (χ2v) is 6.24. The number of morpholine rings is 1. The molecule has 1 amide bonds. The number of carbonyl (C=O) groups is 1. The number of rotatable bonds is 2. The molecule has 0 aliphatic carbocycles. The number of pyridine rings is 1. The quantitative estimate of drug-likeness (QED) is 0.849. The molecule has 1 aromatic heterocycles. The van der Waals surface area contributed by atoms with Gasteiger partial charge < -0.3 is 14.5 Å². The van der Waals surface area contributed by atoms with Crippen LogP contribution in [0.15, 0.2) is 42.6 Å². The van der Waals surface area contributed by atoms with Gasteiger partial charge in [-0.3, -0.25) is 9.78 Å². The van der Waals surface area contributed by atoms with Gasteiger partial charge in [0.1, 0.15) is 5.69 Å². The Bertz CT molecular complexity index is 741. The summed E-state index contributed by atoms with van der Waals surface area (Å²) in [4.78, 5) is 21.3. The number of ether oxygens (including phenoxy) is 1. The van der Waals surface area contributed by atoms with Gasteiger partial charge in [0.15, 0.2) is 0 Å². The molecular formula is C19H21N3O2. The lowest BCUT2D eigenvalue weighted by Gasteiger charge is -2.30. The molecule has 2 aromatic rings. The normalized spacial score (nSPS) is 17.5. The Hall–Kier alpha value is -2.40. The van der Waals surface area contributed by atoms with E-state index in [0.29, 0.717) is 12.2 Å². The first-order chi connectivity index (χ1) is 11.8. The van der Waals surface area contributed by atoms with Gasteiger partial charge in [0, 0.05) is 38.1 Å². The molecule has 1 aromatic carbocycles. The van der Waals surface area contributed by atoms with Crippen molar-refractivity contribution in [1.82, 2.24) is 9.88 Å². The second kappa shape index (κ2) is 6.61. The Morgan fingerprint density at radius 2 is 1.83 bits per heavy atom. The lowest BCUT2D eigenvalue weighted by atomic mass is 10.00. The molecule has 1 saturated heterocycles. The van der Waals surface area contributed by atoms with E-state index in [1.807, 2.05) is 23.1 Å². The smallest absolute Gasteiger partial charge is 0.272 e. The molecule has 0 spiro atoms. The third-order valence-corrected chi connectivity index (χ3v) is 4.76. The van der Waals surface area contributed by atoms with Crippen LogP contribution in [-0.2, 0) is 17.7 Å². The number of amides is 1. The molecule has 1 fully saturated rings. The summed E-state index contributed by atoms with van der Waals surface area (Å²) < 4.78 is 5.39. The van der Waals surface area contributed by atoms with E-state index < -0.39 is 0 Å². The summed E-state index contributed by atoms with van der Waals surface area (Å²) in [7, 11) is 0. The van der Waals surface area contributed by atoms with E-state index in [2.05, 4.69) is 28.1 Å².